The molecular weight excluding hydrogens is 210 g/mol. The molecule has 3 rings (SSSR count). The number of hydrogen-bond acceptors (Lipinski definition) is 2. The van der Waals surface area contributed by atoms with Crippen molar-refractivity contribution in [1.82, 2.24) is 0 Å². The largest absolute Gasteiger partial charge is 0.490 e. The van der Waals surface area contributed by atoms with Crippen LogP contribution in [0.25, 0.3) is 0 Å². The summed E-state index contributed by atoms with van der Waals surface area (Å²) in [5.74, 6) is 1.05. The van der Waals surface area contributed by atoms with Gasteiger partial charge in [-0.2, -0.15) is 0 Å². The number of ether oxygens (including phenoxy) is 1. The maximum absolute atomic E-state index is 6.03. The predicted molar refractivity (Wildman–Crippen MR) is 69.3 cm³/mol. The van der Waals surface area contributed by atoms with Gasteiger partial charge in [0.25, 0.3) is 0 Å². The number of aryl methyl sites for hydroxylation is 2. The van der Waals surface area contributed by atoms with E-state index < -0.39 is 0 Å². The summed E-state index contributed by atoms with van der Waals surface area (Å²) in [6, 6.07) is 6.98. The molecule has 1 aromatic rings. The zero-order valence-corrected chi connectivity index (χ0v) is 10.3. The monoisotopic (exact) mass is 231 g/mol. The van der Waals surface area contributed by atoms with Gasteiger partial charge in [-0.25, -0.2) is 0 Å². The molecule has 0 saturated heterocycles. The maximum atomic E-state index is 6.03. The lowest BCUT2D eigenvalue weighted by atomic mass is 9.92. The van der Waals surface area contributed by atoms with E-state index in [-0.39, 0.29) is 0 Å². The first-order valence-electron chi connectivity index (χ1n) is 6.85. The highest BCUT2D eigenvalue weighted by molar-refractivity contribution is 5.37. The average Bonchev–Trinajstić information content (AvgIpc) is 2.75. The SMILES string of the molecule is NC1CCC(Oc2ccc3c(c2)CCCC3)C1. The molecule has 92 valence electrons. The van der Waals surface area contributed by atoms with E-state index in [4.69, 9.17) is 10.5 Å². The van der Waals surface area contributed by atoms with Gasteiger partial charge in [-0.05, 0) is 68.2 Å². The van der Waals surface area contributed by atoms with Crippen LogP contribution in [0.5, 0.6) is 5.75 Å². The third-order valence-corrected chi connectivity index (χ3v) is 4.05. The van der Waals surface area contributed by atoms with Crippen LogP contribution < -0.4 is 10.5 Å². The van der Waals surface area contributed by atoms with E-state index in [0.717, 1.165) is 25.0 Å². The Morgan fingerprint density at radius 1 is 1.06 bits per heavy atom. The van der Waals surface area contributed by atoms with E-state index in [2.05, 4.69) is 18.2 Å². The van der Waals surface area contributed by atoms with Crippen molar-refractivity contribution in [2.75, 3.05) is 0 Å². The molecule has 2 aliphatic rings. The van der Waals surface area contributed by atoms with Crippen LogP contribution in [0.15, 0.2) is 18.2 Å². The van der Waals surface area contributed by atoms with Gasteiger partial charge in [0.15, 0.2) is 0 Å². The first-order chi connectivity index (χ1) is 8.31. The molecule has 2 heteroatoms. The van der Waals surface area contributed by atoms with E-state index in [1.165, 1.54) is 36.8 Å². The van der Waals surface area contributed by atoms with E-state index in [1.807, 2.05) is 0 Å². The van der Waals surface area contributed by atoms with Crippen molar-refractivity contribution < 1.29 is 4.74 Å². The number of rotatable bonds is 2. The Kier molecular flexibility index (Phi) is 3.06. The van der Waals surface area contributed by atoms with Gasteiger partial charge >= 0.3 is 0 Å². The smallest absolute Gasteiger partial charge is 0.120 e. The zero-order chi connectivity index (χ0) is 11.7. The first-order valence-corrected chi connectivity index (χ1v) is 6.85. The highest BCUT2D eigenvalue weighted by Gasteiger charge is 2.23. The normalized spacial score (nSPS) is 27.8. The van der Waals surface area contributed by atoms with E-state index in [9.17, 15) is 0 Å². The second kappa shape index (κ2) is 4.69. The van der Waals surface area contributed by atoms with Gasteiger partial charge in [0.2, 0.25) is 0 Å². The Morgan fingerprint density at radius 3 is 2.65 bits per heavy atom. The van der Waals surface area contributed by atoms with E-state index >= 15 is 0 Å². The van der Waals surface area contributed by atoms with Crippen LogP contribution in [0, 0.1) is 0 Å². The highest BCUT2D eigenvalue weighted by atomic mass is 16.5. The summed E-state index contributed by atoms with van der Waals surface area (Å²) in [5.41, 5.74) is 8.93. The fourth-order valence-electron chi connectivity index (χ4n) is 3.06. The van der Waals surface area contributed by atoms with Crippen LogP contribution in [-0.2, 0) is 12.8 Å². The van der Waals surface area contributed by atoms with Crippen molar-refractivity contribution in [3.05, 3.63) is 29.3 Å². The Balaban J connectivity index is 1.71. The second-order valence-electron chi connectivity index (χ2n) is 5.45. The minimum Gasteiger partial charge on any atom is -0.490 e. The maximum Gasteiger partial charge on any atom is 0.120 e. The molecule has 0 aromatic heterocycles. The molecule has 1 fully saturated rings. The molecule has 2 nitrogen and oxygen atoms in total. The standard InChI is InChI=1S/C15H21NO/c16-13-6-8-15(10-13)17-14-7-5-11-3-1-2-4-12(11)9-14/h5,7,9,13,15H,1-4,6,8,10,16H2. The van der Waals surface area contributed by atoms with Gasteiger partial charge in [-0.15, -0.1) is 0 Å². The van der Waals surface area contributed by atoms with Gasteiger partial charge in [0.05, 0.1) is 0 Å². The number of benzene rings is 1. The van der Waals surface area contributed by atoms with Crippen molar-refractivity contribution in [3.63, 3.8) is 0 Å². The van der Waals surface area contributed by atoms with Crippen molar-refractivity contribution in [2.45, 2.75) is 57.1 Å². The molecular formula is C15H21NO. The fourth-order valence-corrected chi connectivity index (χ4v) is 3.06. The molecule has 0 aliphatic heterocycles. The minimum absolute atomic E-state index is 0.339. The lowest BCUT2D eigenvalue weighted by molar-refractivity contribution is 0.208. The molecule has 2 unspecified atom stereocenters. The summed E-state index contributed by atoms with van der Waals surface area (Å²) in [6.07, 6.45) is 8.69. The number of fused-ring (bicyclic) bond motifs is 1. The fraction of sp³-hybridized carbons (Fsp3) is 0.600. The Bertz CT molecular complexity index is 402. The average molecular weight is 231 g/mol. The van der Waals surface area contributed by atoms with Crippen LogP contribution in [0.3, 0.4) is 0 Å². The number of hydrogen-bond donors (Lipinski definition) is 1. The van der Waals surface area contributed by atoms with Crippen LogP contribution in [0.2, 0.25) is 0 Å². The Labute approximate surface area is 103 Å². The lowest BCUT2D eigenvalue weighted by Crippen LogP contribution is -2.19. The second-order valence-corrected chi connectivity index (χ2v) is 5.45. The van der Waals surface area contributed by atoms with Crippen molar-refractivity contribution in [1.29, 1.82) is 0 Å². The van der Waals surface area contributed by atoms with E-state index in [0.29, 0.717) is 12.1 Å². The van der Waals surface area contributed by atoms with Gasteiger partial charge in [-0.3, -0.25) is 0 Å². The topological polar surface area (TPSA) is 35.2 Å². The quantitative estimate of drug-likeness (QED) is 0.849. The van der Waals surface area contributed by atoms with Crippen LogP contribution >= 0.6 is 0 Å². The van der Waals surface area contributed by atoms with Crippen LogP contribution in [0.4, 0.5) is 0 Å². The lowest BCUT2D eigenvalue weighted by Gasteiger charge is -2.19. The third kappa shape index (κ3) is 2.47. The van der Waals surface area contributed by atoms with E-state index in [1.54, 1.807) is 0 Å². The molecule has 0 spiro atoms. The Hall–Kier alpha value is -1.02. The zero-order valence-electron chi connectivity index (χ0n) is 10.3. The van der Waals surface area contributed by atoms with Crippen molar-refractivity contribution >= 4 is 0 Å². The number of nitrogens with two attached hydrogens (primary N) is 1. The highest BCUT2D eigenvalue weighted by Crippen LogP contribution is 2.28. The molecule has 2 atom stereocenters. The van der Waals surface area contributed by atoms with Gasteiger partial charge in [0, 0.05) is 6.04 Å². The molecule has 1 saturated carbocycles. The minimum atomic E-state index is 0.339. The predicted octanol–water partition coefficient (Wildman–Crippen LogP) is 2.82. The van der Waals surface area contributed by atoms with Crippen molar-refractivity contribution in [3.8, 4) is 5.75 Å². The van der Waals surface area contributed by atoms with Gasteiger partial charge in [-0.1, -0.05) is 6.07 Å². The van der Waals surface area contributed by atoms with Gasteiger partial charge in [0.1, 0.15) is 11.9 Å². The molecule has 17 heavy (non-hydrogen) atoms. The summed E-state index contributed by atoms with van der Waals surface area (Å²) >= 11 is 0. The molecule has 2 N–H and O–H groups in total. The molecule has 2 aliphatic carbocycles. The first kappa shape index (κ1) is 11.1. The summed E-state index contributed by atoms with van der Waals surface area (Å²) in [4.78, 5) is 0. The molecule has 1 aromatic carbocycles. The van der Waals surface area contributed by atoms with Gasteiger partial charge < -0.3 is 10.5 Å². The molecule has 0 bridgehead atoms. The third-order valence-electron chi connectivity index (χ3n) is 4.05. The summed E-state index contributed by atoms with van der Waals surface area (Å²) in [6.45, 7) is 0. The summed E-state index contributed by atoms with van der Waals surface area (Å²) < 4.78 is 6.03. The summed E-state index contributed by atoms with van der Waals surface area (Å²) in [7, 11) is 0. The molecule has 0 amide bonds. The van der Waals surface area contributed by atoms with Crippen LogP contribution in [-0.4, -0.2) is 12.1 Å². The molecule has 0 heterocycles. The summed E-state index contributed by atoms with van der Waals surface area (Å²) in [5, 5.41) is 0. The molecule has 0 radical (unpaired) electrons. The van der Waals surface area contributed by atoms with Crippen LogP contribution in [0.1, 0.15) is 43.2 Å². The Morgan fingerprint density at radius 2 is 1.88 bits per heavy atom. The van der Waals surface area contributed by atoms with Crippen molar-refractivity contribution in [2.24, 2.45) is 5.73 Å².